The van der Waals surface area contributed by atoms with Gasteiger partial charge in [-0.1, -0.05) is 12.1 Å². The van der Waals surface area contributed by atoms with Crippen LogP contribution in [0.25, 0.3) is 0 Å². The van der Waals surface area contributed by atoms with Crippen LogP contribution in [-0.4, -0.2) is 133 Å². The number of rotatable bonds is 10. The normalized spacial score (nSPS) is 25.6. The highest BCUT2D eigenvalue weighted by Gasteiger charge is 2.40. The number of nitrogens with zero attached hydrogens (tertiary/aromatic N) is 5. The molecule has 1 aromatic heterocycles. The molecule has 3 aliphatic rings. The minimum Gasteiger partial charge on any atom is -0.474 e. The third kappa shape index (κ3) is 7.71. The van der Waals surface area contributed by atoms with E-state index in [4.69, 9.17) is 19.2 Å². The van der Waals surface area contributed by atoms with Crippen molar-refractivity contribution in [3.05, 3.63) is 47.3 Å². The van der Waals surface area contributed by atoms with Crippen molar-refractivity contribution in [2.45, 2.75) is 64.3 Å². The second-order valence-electron chi connectivity index (χ2n) is 12.8. The number of halogens is 1. The van der Waals surface area contributed by atoms with Crippen molar-refractivity contribution in [1.82, 2.24) is 19.7 Å². The molecule has 252 valence electrons. The molecule has 2 N–H and O–H groups in total. The van der Waals surface area contributed by atoms with Crippen molar-refractivity contribution in [2.24, 2.45) is 0 Å². The van der Waals surface area contributed by atoms with Crippen LogP contribution in [0.1, 0.15) is 38.8 Å². The van der Waals surface area contributed by atoms with E-state index in [0.717, 1.165) is 11.1 Å². The highest BCUT2D eigenvalue weighted by atomic mass is 19.1. The largest absolute Gasteiger partial charge is 0.474 e. The van der Waals surface area contributed by atoms with Crippen LogP contribution in [-0.2, 0) is 20.7 Å². The molecule has 12 nitrogen and oxygen atoms in total. The fourth-order valence-electron chi connectivity index (χ4n) is 6.71. The van der Waals surface area contributed by atoms with Crippen LogP contribution in [0.5, 0.6) is 5.88 Å². The van der Waals surface area contributed by atoms with E-state index in [2.05, 4.69) is 29.0 Å². The summed E-state index contributed by atoms with van der Waals surface area (Å²) in [5, 5.41) is 13.3. The average Bonchev–Trinajstić information content (AvgIpc) is 3.01. The summed E-state index contributed by atoms with van der Waals surface area (Å²) in [7, 11) is 1.63. The monoisotopic (exact) mass is 642 g/mol. The van der Waals surface area contributed by atoms with Crippen LogP contribution in [0.2, 0.25) is 0 Å². The molecule has 1 aromatic carbocycles. The Morgan fingerprint density at radius 1 is 1.04 bits per heavy atom. The number of pyridine rings is 1. The number of benzene rings is 1. The lowest BCUT2D eigenvalue weighted by Crippen LogP contribution is -2.65. The molecule has 0 radical (unpaired) electrons. The Balaban J connectivity index is 1.42. The molecular weight excluding hydrogens is 595 g/mol. The van der Waals surface area contributed by atoms with Gasteiger partial charge in [-0.05, 0) is 51.5 Å². The molecule has 5 rings (SSSR count). The number of piperazine rings is 1. The van der Waals surface area contributed by atoms with E-state index in [1.807, 2.05) is 19.9 Å². The third-order valence-electron chi connectivity index (χ3n) is 9.19. The highest BCUT2D eigenvalue weighted by molar-refractivity contribution is 5.97. The molecule has 0 unspecified atom stereocenters. The minimum absolute atomic E-state index is 0.101. The Bertz CT molecular complexity index is 1350. The van der Waals surface area contributed by atoms with Crippen molar-refractivity contribution in [3.8, 4) is 5.88 Å². The third-order valence-corrected chi connectivity index (χ3v) is 9.19. The van der Waals surface area contributed by atoms with Gasteiger partial charge in [-0.15, -0.1) is 0 Å². The summed E-state index contributed by atoms with van der Waals surface area (Å²) in [5.74, 6) is 0.579. The Hall–Kier alpha value is -3.52. The van der Waals surface area contributed by atoms with Crippen LogP contribution in [0.15, 0.2) is 30.3 Å². The van der Waals surface area contributed by atoms with Gasteiger partial charge in [-0.2, -0.15) is 4.98 Å². The molecule has 2 aromatic rings. The summed E-state index contributed by atoms with van der Waals surface area (Å²) in [6.07, 6.45) is -0.476. The average molecular weight is 643 g/mol. The SMILES string of the molecule is COCCNc1nc2c(cc1Cc1ccc(F)cc1)N(C(=O)CN1C[C@@H](C)N(C(=O)O)C[C@@H]1CN1[C@H](C)COC[C@H]1C)[C@@H](C)CO2. The maximum atomic E-state index is 14.3. The van der Waals surface area contributed by atoms with Gasteiger partial charge in [0.25, 0.3) is 0 Å². The molecule has 0 aliphatic carbocycles. The molecule has 5 atom stereocenters. The van der Waals surface area contributed by atoms with E-state index < -0.39 is 6.09 Å². The molecule has 0 spiro atoms. The van der Waals surface area contributed by atoms with Gasteiger partial charge in [0.05, 0.1) is 32.4 Å². The maximum Gasteiger partial charge on any atom is 0.407 e. The molecule has 2 amide bonds. The minimum atomic E-state index is -0.947. The van der Waals surface area contributed by atoms with E-state index in [1.54, 1.807) is 24.1 Å². The number of morpholine rings is 1. The van der Waals surface area contributed by atoms with Gasteiger partial charge in [0.15, 0.2) is 0 Å². The number of fused-ring (bicyclic) bond motifs is 1. The Labute approximate surface area is 270 Å². The first-order valence-corrected chi connectivity index (χ1v) is 16.1. The number of amides is 2. The standard InChI is InChI=1S/C33H47FN6O6/c1-21-14-37(28(16-39(21)33(42)43)15-38-22(2)18-45-19-23(38)3)17-30(41)40-24(4)20-46-32-29(40)13-26(31(36-32)35-10-11-44-5)12-25-6-8-27(34)9-7-25/h6-9,13,21-24,28H,10-12,14-20H2,1-5H3,(H,35,36)(H,42,43)/t21-,22-,23-,24+,28+/m1/s1. The van der Waals surface area contributed by atoms with Crippen molar-refractivity contribution in [2.75, 3.05) is 76.5 Å². The predicted molar refractivity (Wildman–Crippen MR) is 172 cm³/mol. The quantitative estimate of drug-likeness (QED) is 0.374. The van der Waals surface area contributed by atoms with Gasteiger partial charge in [0, 0.05) is 69.4 Å². The number of methoxy groups -OCH3 is 1. The first-order chi connectivity index (χ1) is 22.0. The lowest BCUT2D eigenvalue weighted by Gasteiger charge is -2.48. The second-order valence-corrected chi connectivity index (χ2v) is 12.8. The van der Waals surface area contributed by atoms with Crippen molar-refractivity contribution in [3.63, 3.8) is 0 Å². The number of aromatic nitrogens is 1. The fourth-order valence-corrected chi connectivity index (χ4v) is 6.71. The molecule has 46 heavy (non-hydrogen) atoms. The number of nitrogens with one attached hydrogen (secondary N) is 1. The molecular formula is C33H47FN6O6. The van der Waals surface area contributed by atoms with Crippen LogP contribution in [0.3, 0.4) is 0 Å². The molecule has 3 aliphatic heterocycles. The molecule has 2 fully saturated rings. The number of carbonyl (C=O) groups is 2. The van der Waals surface area contributed by atoms with Crippen LogP contribution < -0.4 is 15.0 Å². The fraction of sp³-hybridized carbons (Fsp3) is 0.606. The van der Waals surface area contributed by atoms with Gasteiger partial charge in [0.1, 0.15) is 23.9 Å². The molecule has 4 heterocycles. The number of carbonyl (C=O) groups excluding carboxylic acids is 1. The van der Waals surface area contributed by atoms with Crippen LogP contribution >= 0.6 is 0 Å². The van der Waals surface area contributed by atoms with Crippen molar-refractivity contribution in [1.29, 1.82) is 0 Å². The first kappa shape index (κ1) is 33.8. The summed E-state index contributed by atoms with van der Waals surface area (Å²) >= 11 is 0. The number of hydrogen-bond acceptors (Lipinski definition) is 9. The zero-order valence-electron chi connectivity index (χ0n) is 27.4. The molecule has 2 saturated heterocycles. The second kappa shape index (κ2) is 14.9. The number of carboxylic acid groups (broad SMARTS) is 1. The van der Waals surface area contributed by atoms with Gasteiger partial charge in [-0.3, -0.25) is 14.6 Å². The summed E-state index contributed by atoms with van der Waals surface area (Å²) in [4.78, 5) is 39.0. The number of anilines is 2. The van der Waals surface area contributed by atoms with E-state index in [0.29, 0.717) is 69.8 Å². The lowest BCUT2D eigenvalue weighted by atomic mass is 10.0. The summed E-state index contributed by atoms with van der Waals surface area (Å²) < 4.78 is 30.6. The number of hydrogen-bond donors (Lipinski definition) is 2. The van der Waals surface area contributed by atoms with Crippen molar-refractivity contribution < 1.29 is 33.3 Å². The van der Waals surface area contributed by atoms with Gasteiger partial charge >= 0.3 is 6.09 Å². The highest BCUT2D eigenvalue weighted by Crippen LogP contribution is 2.37. The smallest absolute Gasteiger partial charge is 0.407 e. The van der Waals surface area contributed by atoms with E-state index in [9.17, 15) is 19.1 Å². The van der Waals surface area contributed by atoms with Gasteiger partial charge in [0.2, 0.25) is 11.8 Å². The van der Waals surface area contributed by atoms with Crippen molar-refractivity contribution >= 4 is 23.5 Å². The van der Waals surface area contributed by atoms with Crippen LogP contribution in [0.4, 0.5) is 20.7 Å². The van der Waals surface area contributed by atoms with Gasteiger partial charge in [-0.25, -0.2) is 9.18 Å². The molecule has 0 saturated carbocycles. The first-order valence-electron chi connectivity index (χ1n) is 16.1. The zero-order chi connectivity index (χ0) is 33.0. The number of ether oxygens (including phenoxy) is 3. The zero-order valence-corrected chi connectivity index (χ0v) is 27.4. The lowest BCUT2D eigenvalue weighted by molar-refractivity contribution is -0.122. The summed E-state index contributed by atoms with van der Waals surface area (Å²) in [5.41, 5.74) is 2.33. The summed E-state index contributed by atoms with van der Waals surface area (Å²) in [6, 6.07) is 7.96. The summed E-state index contributed by atoms with van der Waals surface area (Å²) in [6.45, 7) is 12.1. The van der Waals surface area contributed by atoms with E-state index >= 15 is 0 Å². The van der Waals surface area contributed by atoms with E-state index in [1.165, 1.54) is 17.0 Å². The predicted octanol–water partition coefficient (Wildman–Crippen LogP) is 3.15. The Kier molecular flexibility index (Phi) is 11.0. The van der Waals surface area contributed by atoms with Gasteiger partial charge < -0.3 is 34.4 Å². The Morgan fingerprint density at radius 2 is 1.76 bits per heavy atom. The molecule has 0 bridgehead atoms. The maximum absolute atomic E-state index is 14.3. The topological polar surface area (TPSA) is 120 Å². The van der Waals surface area contributed by atoms with E-state index in [-0.39, 0.29) is 55.1 Å². The van der Waals surface area contributed by atoms with Crippen LogP contribution in [0, 0.1) is 5.82 Å². The Morgan fingerprint density at radius 3 is 2.43 bits per heavy atom. The molecule has 13 heteroatoms.